The molecule has 9 heteroatoms. The number of aromatic nitrogens is 4. The molecule has 0 amide bonds. The zero-order valence-electron chi connectivity index (χ0n) is 11.0. The quantitative estimate of drug-likeness (QED) is 0.500. The van der Waals surface area contributed by atoms with Crippen molar-refractivity contribution >= 4 is 34.4 Å². The van der Waals surface area contributed by atoms with Crippen LogP contribution >= 0.6 is 34.4 Å². The molecule has 0 aromatic carbocycles. The van der Waals surface area contributed by atoms with Crippen LogP contribution < -0.4 is 0 Å². The van der Waals surface area contributed by atoms with E-state index in [0.29, 0.717) is 28.6 Å². The Morgan fingerprint density at radius 1 is 1.18 bits per heavy atom. The third-order valence-corrected chi connectivity index (χ3v) is 5.05. The van der Waals surface area contributed by atoms with Crippen LogP contribution in [-0.2, 0) is 5.75 Å². The summed E-state index contributed by atoms with van der Waals surface area (Å²) < 4.78 is 10.8. The molecule has 0 atom stereocenters. The predicted molar refractivity (Wildman–Crippen MR) is 84.8 cm³/mol. The SMILES string of the molecule is c1csc(-c2nnc(SCc3nc(-c4ccsc4)no3)o2)c1. The fraction of sp³-hybridized carbons (Fsp3) is 0.0769. The molecule has 0 radical (unpaired) electrons. The fourth-order valence-corrected chi connectivity index (χ4v) is 3.59. The van der Waals surface area contributed by atoms with E-state index in [1.807, 2.05) is 34.3 Å². The van der Waals surface area contributed by atoms with Gasteiger partial charge in [0.15, 0.2) is 0 Å². The van der Waals surface area contributed by atoms with Crippen molar-refractivity contribution in [2.75, 3.05) is 0 Å². The van der Waals surface area contributed by atoms with Gasteiger partial charge in [-0.1, -0.05) is 23.0 Å². The molecule has 0 unspecified atom stereocenters. The van der Waals surface area contributed by atoms with E-state index in [0.717, 1.165) is 10.4 Å². The van der Waals surface area contributed by atoms with Crippen molar-refractivity contribution in [3.8, 4) is 22.2 Å². The summed E-state index contributed by atoms with van der Waals surface area (Å²) in [6.07, 6.45) is 0. The molecule has 0 N–H and O–H groups in total. The van der Waals surface area contributed by atoms with Crippen molar-refractivity contribution in [1.82, 2.24) is 20.3 Å². The number of thioether (sulfide) groups is 1. The molecule has 0 aliphatic rings. The number of thiophene rings is 2. The average molecular weight is 348 g/mol. The van der Waals surface area contributed by atoms with Crippen LogP contribution in [0.25, 0.3) is 22.2 Å². The van der Waals surface area contributed by atoms with E-state index in [9.17, 15) is 0 Å². The maximum absolute atomic E-state index is 5.59. The lowest BCUT2D eigenvalue weighted by molar-refractivity contribution is 0.391. The minimum absolute atomic E-state index is 0.485. The third-order valence-electron chi connectivity index (χ3n) is 2.71. The van der Waals surface area contributed by atoms with Crippen molar-refractivity contribution in [1.29, 1.82) is 0 Å². The van der Waals surface area contributed by atoms with Crippen molar-refractivity contribution < 1.29 is 8.94 Å². The fourth-order valence-electron chi connectivity index (χ4n) is 1.71. The molecule has 0 saturated carbocycles. The highest BCUT2D eigenvalue weighted by molar-refractivity contribution is 7.98. The van der Waals surface area contributed by atoms with Gasteiger partial charge in [0.2, 0.25) is 11.7 Å². The number of hydrogen-bond donors (Lipinski definition) is 0. The Morgan fingerprint density at radius 3 is 3.00 bits per heavy atom. The molecule has 0 bridgehead atoms. The topological polar surface area (TPSA) is 77.8 Å². The molecule has 110 valence electrons. The molecule has 0 aliphatic carbocycles. The summed E-state index contributed by atoms with van der Waals surface area (Å²) in [6.45, 7) is 0. The smallest absolute Gasteiger partial charge is 0.277 e. The van der Waals surface area contributed by atoms with Gasteiger partial charge in [0.1, 0.15) is 0 Å². The van der Waals surface area contributed by atoms with Gasteiger partial charge in [0, 0.05) is 10.9 Å². The van der Waals surface area contributed by atoms with Gasteiger partial charge in [-0.2, -0.15) is 16.3 Å². The van der Waals surface area contributed by atoms with Gasteiger partial charge >= 0.3 is 0 Å². The lowest BCUT2D eigenvalue weighted by Gasteiger charge is -1.89. The molecule has 0 aliphatic heterocycles. The van der Waals surface area contributed by atoms with Crippen LogP contribution in [0.4, 0.5) is 0 Å². The van der Waals surface area contributed by atoms with E-state index in [2.05, 4.69) is 20.3 Å². The maximum Gasteiger partial charge on any atom is 0.277 e. The van der Waals surface area contributed by atoms with E-state index in [-0.39, 0.29) is 0 Å². The second-order valence-electron chi connectivity index (χ2n) is 4.16. The largest absolute Gasteiger partial charge is 0.410 e. The Bertz CT molecular complexity index is 779. The first-order valence-electron chi connectivity index (χ1n) is 6.24. The maximum atomic E-state index is 5.59. The molecular formula is C13H8N4O2S3. The molecule has 0 fully saturated rings. The first-order valence-corrected chi connectivity index (χ1v) is 9.04. The van der Waals surface area contributed by atoms with Gasteiger partial charge in [-0.25, -0.2) is 0 Å². The van der Waals surface area contributed by atoms with Crippen LogP contribution in [0.2, 0.25) is 0 Å². The van der Waals surface area contributed by atoms with Crippen LogP contribution in [0.15, 0.2) is 48.5 Å². The summed E-state index contributed by atoms with van der Waals surface area (Å²) in [5.41, 5.74) is 0.961. The molecule has 6 nitrogen and oxygen atoms in total. The monoisotopic (exact) mass is 348 g/mol. The van der Waals surface area contributed by atoms with Crippen LogP contribution in [-0.4, -0.2) is 20.3 Å². The van der Waals surface area contributed by atoms with Crippen molar-refractivity contribution in [2.24, 2.45) is 0 Å². The molecule has 0 spiro atoms. The Hall–Kier alpha value is -1.97. The van der Waals surface area contributed by atoms with Gasteiger partial charge in [-0.05, 0) is 22.9 Å². The highest BCUT2D eigenvalue weighted by Gasteiger charge is 2.13. The molecule has 4 aromatic rings. The van der Waals surface area contributed by atoms with E-state index < -0.39 is 0 Å². The Kier molecular flexibility index (Phi) is 3.75. The molecule has 22 heavy (non-hydrogen) atoms. The standard InChI is InChI=1S/C13H8N4O2S3/c1-2-9(21-4-1)12-15-16-13(18-12)22-7-10-14-11(17-19-10)8-3-5-20-6-8/h1-6H,7H2. The summed E-state index contributed by atoms with van der Waals surface area (Å²) in [5, 5.41) is 18.4. The van der Waals surface area contributed by atoms with Gasteiger partial charge < -0.3 is 8.94 Å². The summed E-state index contributed by atoms with van der Waals surface area (Å²) in [5.74, 6) is 2.15. The molecular weight excluding hydrogens is 340 g/mol. The summed E-state index contributed by atoms with van der Waals surface area (Å²) in [6, 6.07) is 5.84. The number of hydrogen-bond acceptors (Lipinski definition) is 9. The first kappa shape index (κ1) is 13.7. The predicted octanol–water partition coefficient (Wildman–Crippen LogP) is 4.20. The van der Waals surface area contributed by atoms with E-state index in [1.54, 1.807) is 22.7 Å². The van der Waals surface area contributed by atoms with Crippen LogP contribution in [0.3, 0.4) is 0 Å². The lowest BCUT2D eigenvalue weighted by atomic mass is 10.3. The van der Waals surface area contributed by atoms with E-state index in [1.165, 1.54) is 11.8 Å². The highest BCUT2D eigenvalue weighted by atomic mass is 32.2. The van der Waals surface area contributed by atoms with Gasteiger partial charge in [-0.15, -0.1) is 21.5 Å². The van der Waals surface area contributed by atoms with Crippen molar-refractivity contribution in [3.63, 3.8) is 0 Å². The van der Waals surface area contributed by atoms with Crippen molar-refractivity contribution in [3.05, 3.63) is 40.2 Å². The van der Waals surface area contributed by atoms with E-state index in [4.69, 9.17) is 8.94 Å². The zero-order chi connectivity index (χ0) is 14.8. The van der Waals surface area contributed by atoms with Gasteiger partial charge in [0.25, 0.3) is 11.1 Å². The Morgan fingerprint density at radius 2 is 2.18 bits per heavy atom. The molecule has 4 heterocycles. The molecule has 4 rings (SSSR count). The first-order chi connectivity index (χ1) is 10.9. The number of nitrogens with zero attached hydrogens (tertiary/aromatic N) is 4. The summed E-state index contributed by atoms with van der Waals surface area (Å²) in [7, 11) is 0. The van der Waals surface area contributed by atoms with E-state index >= 15 is 0 Å². The third kappa shape index (κ3) is 2.82. The Balaban J connectivity index is 1.43. The van der Waals surface area contributed by atoms with Gasteiger partial charge in [-0.3, -0.25) is 0 Å². The Labute approximate surface area is 137 Å². The van der Waals surface area contributed by atoms with Gasteiger partial charge in [0.05, 0.1) is 10.6 Å². The summed E-state index contributed by atoms with van der Waals surface area (Å²) in [4.78, 5) is 5.30. The zero-order valence-corrected chi connectivity index (χ0v) is 13.5. The number of rotatable bonds is 5. The van der Waals surface area contributed by atoms with Crippen molar-refractivity contribution in [2.45, 2.75) is 11.0 Å². The average Bonchev–Trinajstić information content (AvgIpc) is 3.33. The van der Waals surface area contributed by atoms with Crippen LogP contribution in [0, 0.1) is 0 Å². The van der Waals surface area contributed by atoms with Crippen LogP contribution in [0.1, 0.15) is 5.89 Å². The van der Waals surface area contributed by atoms with Crippen LogP contribution in [0.5, 0.6) is 0 Å². The molecule has 4 aromatic heterocycles. The second-order valence-corrected chi connectivity index (χ2v) is 6.82. The highest BCUT2D eigenvalue weighted by Crippen LogP contribution is 2.28. The molecule has 0 saturated heterocycles. The second kappa shape index (κ2) is 6.03. The lowest BCUT2D eigenvalue weighted by Crippen LogP contribution is -1.81. The minimum atomic E-state index is 0.485. The summed E-state index contributed by atoms with van der Waals surface area (Å²) >= 11 is 4.53. The normalized spacial score (nSPS) is 11.1. The minimum Gasteiger partial charge on any atom is -0.410 e.